The number of aromatic hydroxyl groups is 4. The maximum atomic E-state index is 11.5. The summed E-state index contributed by atoms with van der Waals surface area (Å²) < 4.78 is 0. The van der Waals surface area contributed by atoms with Gasteiger partial charge in [-0.25, -0.2) is 0 Å². The zero-order chi connectivity index (χ0) is 32.8. The van der Waals surface area contributed by atoms with Crippen LogP contribution in [0.4, 0.5) is 0 Å². The zero-order valence-electron chi connectivity index (χ0n) is 26.3. The number of benzene rings is 4. The van der Waals surface area contributed by atoms with E-state index in [0.29, 0.717) is 81.7 Å². The molecule has 0 saturated carbocycles. The molecule has 6 nitrogen and oxygen atoms in total. The molecule has 4 N–H and O–H groups in total. The van der Waals surface area contributed by atoms with Gasteiger partial charge in [0, 0.05) is 51.0 Å². The first-order chi connectivity index (χ1) is 22.1. The fourth-order valence-corrected chi connectivity index (χ4v) is 7.31. The highest BCUT2D eigenvalue weighted by Crippen LogP contribution is 2.38. The number of fused-ring (bicyclic) bond motifs is 8. The van der Waals surface area contributed by atoms with E-state index in [4.69, 9.17) is 0 Å². The molecule has 0 saturated heterocycles. The molecule has 0 radical (unpaired) electrons. The number of aryl methyl sites for hydroxylation is 2. The summed E-state index contributed by atoms with van der Waals surface area (Å²) in [5.74, 6) is 1.95. The monoisotopic (exact) mass is 656 g/mol. The van der Waals surface area contributed by atoms with Crippen molar-refractivity contribution >= 4 is 33.8 Å². The first kappa shape index (κ1) is 33.5. The van der Waals surface area contributed by atoms with Crippen LogP contribution < -0.4 is 0 Å². The normalized spacial score (nSPS) is 12.6. The number of hydrogen-bond acceptors (Lipinski definition) is 8. The summed E-state index contributed by atoms with van der Waals surface area (Å²) in [4.78, 5) is 22.9. The highest BCUT2D eigenvalue weighted by Gasteiger charge is 2.20. The van der Waals surface area contributed by atoms with E-state index in [1.807, 2.05) is 60.7 Å². The van der Waals surface area contributed by atoms with Crippen LogP contribution in [0.5, 0.6) is 23.0 Å². The van der Waals surface area contributed by atoms with Crippen LogP contribution >= 0.6 is 23.5 Å². The minimum atomic E-state index is 0.0884. The van der Waals surface area contributed by atoms with Crippen LogP contribution in [0, 0.1) is 0 Å². The Balaban J connectivity index is 1.59. The summed E-state index contributed by atoms with van der Waals surface area (Å²) >= 11 is 2.60. The van der Waals surface area contributed by atoms with Gasteiger partial charge in [0.2, 0.25) is 0 Å². The van der Waals surface area contributed by atoms with Crippen molar-refractivity contribution in [1.82, 2.24) is 0 Å². The van der Waals surface area contributed by atoms with Gasteiger partial charge in [0.1, 0.15) is 23.0 Å². The van der Waals surface area contributed by atoms with Crippen molar-refractivity contribution < 1.29 is 30.0 Å². The van der Waals surface area contributed by atoms with E-state index in [2.05, 4.69) is 0 Å². The molecule has 1 aliphatic rings. The number of carbonyl (C=O) groups is 2. The number of phenolic OH excluding ortho intramolecular Hbond substituents is 4. The smallest absolute Gasteiger partial charge is 0.185 e. The van der Waals surface area contributed by atoms with Crippen molar-refractivity contribution in [2.45, 2.75) is 65.2 Å². The van der Waals surface area contributed by atoms with Gasteiger partial charge >= 0.3 is 0 Å². The molecule has 5 rings (SSSR count). The molecule has 240 valence electrons. The summed E-state index contributed by atoms with van der Waals surface area (Å²) in [5.41, 5.74) is 7.41. The first-order valence-corrected chi connectivity index (χ1v) is 17.6. The molecule has 8 heteroatoms. The predicted molar refractivity (Wildman–Crippen MR) is 187 cm³/mol. The number of thioether (sulfide) groups is 2. The van der Waals surface area contributed by atoms with E-state index in [1.54, 1.807) is 13.8 Å². The molecule has 0 atom stereocenters. The molecule has 0 aromatic heterocycles. The summed E-state index contributed by atoms with van der Waals surface area (Å²) in [5, 5.41) is 46.1. The van der Waals surface area contributed by atoms with Crippen LogP contribution in [-0.4, -0.2) is 42.2 Å². The standard InChI is InChI=1S/C38H40O6S2/c1-23(39)45-13-5-7-25-15-31-19-27-9-3-11-29(35(27)41)21-33-17-26(8-6-14-46-24(2)40)18-34(38(33)44)22-30-12-4-10-28(36(30)42)20-32(16-25)37(31)43/h3-4,9-12,15-18,41-44H,5-8,13-14,19-22H2,1-2H3. The lowest BCUT2D eigenvalue weighted by molar-refractivity contribution is -0.109. The highest BCUT2D eigenvalue weighted by molar-refractivity contribution is 8.13. The number of carbonyl (C=O) groups excluding carboxylic acids is 2. The van der Waals surface area contributed by atoms with E-state index in [0.717, 1.165) is 36.8 Å². The molecule has 0 unspecified atom stereocenters. The van der Waals surface area contributed by atoms with Crippen molar-refractivity contribution in [3.05, 3.63) is 116 Å². The third kappa shape index (κ3) is 8.28. The van der Waals surface area contributed by atoms with Crippen LogP contribution in [-0.2, 0) is 48.1 Å². The van der Waals surface area contributed by atoms with Gasteiger partial charge in [-0.3, -0.25) is 9.59 Å². The molecule has 4 aromatic carbocycles. The van der Waals surface area contributed by atoms with Crippen molar-refractivity contribution in [2.24, 2.45) is 0 Å². The van der Waals surface area contributed by atoms with Crippen molar-refractivity contribution in [3.8, 4) is 23.0 Å². The van der Waals surface area contributed by atoms with Gasteiger partial charge in [-0.1, -0.05) is 84.2 Å². The van der Waals surface area contributed by atoms with Gasteiger partial charge in [0.25, 0.3) is 0 Å². The van der Waals surface area contributed by atoms with Gasteiger partial charge in [-0.2, -0.15) is 0 Å². The van der Waals surface area contributed by atoms with E-state index in [1.165, 1.54) is 23.5 Å². The third-order valence-electron chi connectivity index (χ3n) is 8.42. The Morgan fingerprint density at radius 3 is 1.09 bits per heavy atom. The molecule has 0 fully saturated rings. The summed E-state index contributed by atoms with van der Waals surface area (Å²) in [6.45, 7) is 3.13. The van der Waals surface area contributed by atoms with Crippen LogP contribution in [0.25, 0.3) is 0 Å². The summed E-state index contributed by atoms with van der Waals surface area (Å²) in [7, 11) is 0. The molecule has 0 aliphatic heterocycles. The van der Waals surface area contributed by atoms with E-state index >= 15 is 0 Å². The average molecular weight is 657 g/mol. The molecule has 4 aromatic rings. The number of hydrogen-bond donors (Lipinski definition) is 4. The van der Waals surface area contributed by atoms with Crippen molar-refractivity contribution in [2.75, 3.05) is 11.5 Å². The number of rotatable bonds is 8. The second kappa shape index (κ2) is 15.1. The molecular formula is C38H40O6S2. The lowest BCUT2D eigenvalue weighted by Crippen LogP contribution is -2.03. The molecule has 8 bridgehead atoms. The van der Waals surface area contributed by atoms with Crippen LogP contribution in [0.2, 0.25) is 0 Å². The highest BCUT2D eigenvalue weighted by atomic mass is 32.2. The lowest BCUT2D eigenvalue weighted by atomic mass is 9.89. The van der Waals surface area contributed by atoms with Crippen LogP contribution in [0.1, 0.15) is 82.3 Å². The third-order valence-corrected chi connectivity index (χ3v) is 10.2. The van der Waals surface area contributed by atoms with Gasteiger partial charge < -0.3 is 20.4 Å². The van der Waals surface area contributed by atoms with Gasteiger partial charge in [-0.05, 0) is 81.3 Å². The van der Waals surface area contributed by atoms with Crippen LogP contribution in [0.3, 0.4) is 0 Å². The zero-order valence-corrected chi connectivity index (χ0v) is 27.9. The molecule has 0 spiro atoms. The van der Waals surface area contributed by atoms with E-state index < -0.39 is 0 Å². The Kier molecular flexibility index (Phi) is 11.0. The maximum Gasteiger partial charge on any atom is 0.185 e. The Morgan fingerprint density at radius 2 is 0.804 bits per heavy atom. The fraction of sp³-hybridized carbons (Fsp3) is 0.316. The molecule has 1 aliphatic carbocycles. The van der Waals surface area contributed by atoms with Crippen molar-refractivity contribution in [1.29, 1.82) is 0 Å². The van der Waals surface area contributed by atoms with Gasteiger partial charge in [0.15, 0.2) is 10.2 Å². The topological polar surface area (TPSA) is 115 Å². The summed E-state index contributed by atoms with van der Waals surface area (Å²) in [6.07, 6.45) is 4.24. The van der Waals surface area contributed by atoms with E-state index in [-0.39, 0.29) is 33.2 Å². The second-order valence-electron chi connectivity index (χ2n) is 12.0. The number of phenols is 4. The largest absolute Gasteiger partial charge is 0.507 e. The summed E-state index contributed by atoms with van der Waals surface area (Å²) in [6, 6.07) is 19.0. The molecular weight excluding hydrogens is 617 g/mol. The van der Waals surface area contributed by atoms with E-state index in [9.17, 15) is 30.0 Å². The predicted octanol–water partition coefficient (Wildman–Crippen LogP) is 7.61. The number of para-hydroxylation sites is 2. The van der Waals surface area contributed by atoms with Crippen LogP contribution in [0.15, 0.2) is 60.7 Å². The average Bonchev–Trinajstić information content (AvgIpc) is 3.01. The minimum Gasteiger partial charge on any atom is -0.507 e. The van der Waals surface area contributed by atoms with Crippen molar-refractivity contribution in [3.63, 3.8) is 0 Å². The Hall–Kier alpha value is -3.88. The first-order valence-electron chi connectivity index (χ1n) is 15.6. The quantitative estimate of drug-likeness (QED) is 0.126. The van der Waals surface area contributed by atoms with Gasteiger partial charge in [0.05, 0.1) is 0 Å². The second-order valence-corrected chi connectivity index (χ2v) is 14.5. The SMILES string of the molecule is CC(=O)SCCCc1cc2c(O)c(c1)Cc1cccc(c1O)Cc1cc(CCCSC(C)=O)cc(c1O)Cc1cccc(c1O)C2. The Bertz CT molecular complexity index is 1540. The lowest BCUT2D eigenvalue weighted by Gasteiger charge is -2.19. The Labute approximate surface area is 278 Å². The molecule has 0 heterocycles. The minimum absolute atomic E-state index is 0.0884. The maximum absolute atomic E-state index is 11.5. The molecule has 0 amide bonds. The molecule has 46 heavy (non-hydrogen) atoms. The Morgan fingerprint density at radius 1 is 0.522 bits per heavy atom. The van der Waals surface area contributed by atoms with Gasteiger partial charge in [-0.15, -0.1) is 0 Å². The fourth-order valence-electron chi connectivity index (χ4n) is 6.16.